The Morgan fingerprint density at radius 3 is 2.81 bits per heavy atom. The second-order valence-corrected chi connectivity index (χ2v) is 3.82. The van der Waals surface area contributed by atoms with Crippen LogP contribution in [-0.2, 0) is 11.2 Å². The summed E-state index contributed by atoms with van der Waals surface area (Å²) in [6, 6.07) is 7.91. The lowest BCUT2D eigenvalue weighted by Crippen LogP contribution is -2.05. The maximum absolute atomic E-state index is 11.8. The zero-order valence-corrected chi connectivity index (χ0v) is 10.2. The lowest BCUT2D eigenvalue weighted by Gasteiger charge is -2.04. The van der Waals surface area contributed by atoms with Crippen LogP contribution in [0.4, 0.5) is 0 Å². The summed E-state index contributed by atoms with van der Waals surface area (Å²) in [7, 11) is 0. The Hall–Kier alpha value is -1.15. The van der Waals surface area contributed by atoms with E-state index in [2.05, 4.69) is 13.0 Å². The van der Waals surface area contributed by atoms with Gasteiger partial charge in [-0.15, -0.1) is 0 Å². The molecule has 2 nitrogen and oxygen atoms in total. The molecule has 0 aliphatic rings. The van der Waals surface area contributed by atoms with E-state index in [1.54, 1.807) is 0 Å². The van der Waals surface area contributed by atoms with Crippen molar-refractivity contribution in [3.8, 4) is 0 Å². The number of Topliss-reactive ketones (excluding diaryl/α,β-unsaturated/α-hetero) is 1. The zero-order chi connectivity index (χ0) is 11.8. The molecule has 1 rings (SSSR count). The van der Waals surface area contributed by atoms with Gasteiger partial charge in [-0.2, -0.15) is 0 Å². The molecule has 0 bridgehead atoms. The van der Waals surface area contributed by atoms with Gasteiger partial charge in [0.15, 0.2) is 5.78 Å². The van der Waals surface area contributed by atoms with Crippen LogP contribution in [0.5, 0.6) is 0 Å². The molecule has 0 aromatic heterocycles. The quantitative estimate of drug-likeness (QED) is 0.521. The Morgan fingerprint density at radius 1 is 1.31 bits per heavy atom. The van der Waals surface area contributed by atoms with E-state index in [4.69, 9.17) is 4.74 Å². The van der Waals surface area contributed by atoms with Crippen LogP contribution < -0.4 is 0 Å². The first kappa shape index (κ1) is 12.9. The van der Waals surface area contributed by atoms with Gasteiger partial charge in [0, 0.05) is 18.6 Å². The highest BCUT2D eigenvalue weighted by Crippen LogP contribution is 2.09. The van der Waals surface area contributed by atoms with Crippen molar-refractivity contribution in [3.63, 3.8) is 0 Å². The minimum Gasteiger partial charge on any atom is -0.381 e. The third-order valence-electron chi connectivity index (χ3n) is 2.47. The van der Waals surface area contributed by atoms with Gasteiger partial charge in [-0.1, -0.05) is 31.5 Å². The second kappa shape index (κ2) is 7.18. The molecule has 0 amide bonds. The lowest BCUT2D eigenvalue weighted by atomic mass is 10.0. The number of aryl methyl sites for hydroxylation is 1. The third-order valence-corrected chi connectivity index (χ3v) is 2.47. The Labute approximate surface area is 97.6 Å². The van der Waals surface area contributed by atoms with E-state index in [-0.39, 0.29) is 5.78 Å². The summed E-state index contributed by atoms with van der Waals surface area (Å²) in [5, 5.41) is 0. The zero-order valence-electron chi connectivity index (χ0n) is 10.2. The SMILES string of the molecule is CCCc1cccc(C(=O)CCOCC)c1. The first-order valence-electron chi connectivity index (χ1n) is 5.97. The molecule has 0 spiro atoms. The van der Waals surface area contributed by atoms with Crippen LogP contribution >= 0.6 is 0 Å². The molecule has 1 aromatic carbocycles. The van der Waals surface area contributed by atoms with Crippen molar-refractivity contribution in [2.24, 2.45) is 0 Å². The molecule has 1 aromatic rings. The van der Waals surface area contributed by atoms with E-state index >= 15 is 0 Å². The summed E-state index contributed by atoms with van der Waals surface area (Å²) < 4.78 is 5.18. The molecule has 0 heterocycles. The molecular weight excluding hydrogens is 200 g/mol. The fraction of sp³-hybridized carbons (Fsp3) is 0.500. The lowest BCUT2D eigenvalue weighted by molar-refractivity contribution is 0.0895. The molecule has 0 saturated heterocycles. The van der Waals surface area contributed by atoms with Gasteiger partial charge in [-0.25, -0.2) is 0 Å². The van der Waals surface area contributed by atoms with Gasteiger partial charge in [0.05, 0.1) is 6.61 Å². The minimum atomic E-state index is 0.173. The fourth-order valence-corrected chi connectivity index (χ4v) is 1.64. The molecular formula is C14H20O2. The maximum atomic E-state index is 11.8. The number of carbonyl (C=O) groups is 1. The molecule has 0 unspecified atom stereocenters. The van der Waals surface area contributed by atoms with Crippen LogP contribution in [0.25, 0.3) is 0 Å². The molecule has 2 heteroatoms. The van der Waals surface area contributed by atoms with Gasteiger partial charge in [0.2, 0.25) is 0 Å². The summed E-state index contributed by atoms with van der Waals surface area (Å²) in [6.45, 7) is 5.27. The van der Waals surface area contributed by atoms with Crippen LogP contribution in [-0.4, -0.2) is 19.0 Å². The summed E-state index contributed by atoms with van der Waals surface area (Å²) in [4.78, 5) is 11.8. The largest absolute Gasteiger partial charge is 0.381 e. The third kappa shape index (κ3) is 4.15. The number of ether oxygens (including phenoxy) is 1. The molecule has 88 valence electrons. The predicted molar refractivity (Wildman–Crippen MR) is 65.9 cm³/mol. The van der Waals surface area contributed by atoms with E-state index in [0.29, 0.717) is 19.6 Å². The molecule has 0 atom stereocenters. The number of hydrogen-bond acceptors (Lipinski definition) is 2. The van der Waals surface area contributed by atoms with Gasteiger partial charge in [-0.3, -0.25) is 4.79 Å². The Balaban J connectivity index is 2.57. The highest BCUT2D eigenvalue weighted by atomic mass is 16.5. The van der Waals surface area contributed by atoms with E-state index in [0.717, 1.165) is 18.4 Å². The van der Waals surface area contributed by atoms with Gasteiger partial charge in [0.25, 0.3) is 0 Å². The summed E-state index contributed by atoms with van der Waals surface area (Å²) in [5.41, 5.74) is 2.05. The first-order valence-corrected chi connectivity index (χ1v) is 5.97. The smallest absolute Gasteiger partial charge is 0.165 e. The van der Waals surface area contributed by atoms with Crippen molar-refractivity contribution in [3.05, 3.63) is 35.4 Å². The average Bonchev–Trinajstić information content (AvgIpc) is 2.30. The number of benzene rings is 1. The Morgan fingerprint density at radius 2 is 2.12 bits per heavy atom. The highest BCUT2D eigenvalue weighted by Gasteiger charge is 2.05. The van der Waals surface area contributed by atoms with E-state index in [1.165, 1.54) is 5.56 Å². The molecule has 0 radical (unpaired) electrons. The predicted octanol–water partition coefficient (Wildman–Crippen LogP) is 3.25. The van der Waals surface area contributed by atoms with E-state index in [9.17, 15) is 4.79 Å². The van der Waals surface area contributed by atoms with E-state index < -0.39 is 0 Å². The number of carbonyl (C=O) groups excluding carboxylic acids is 1. The highest BCUT2D eigenvalue weighted by molar-refractivity contribution is 5.96. The summed E-state index contributed by atoms with van der Waals surface area (Å²) >= 11 is 0. The van der Waals surface area contributed by atoms with Crippen molar-refractivity contribution in [2.75, 3.05) is 13.2 Å². The number of ketones is 1. The number of hydrogen-bond donors (Lipinski definition) is 0. The molecule has 0 saturated carbocycles. The summed E-state index contributed by atoms with van der Waals surface area (Å²) in [6.07, 6.45) is 2.62. The first-order chi connectivity index (χ1) is 7.77. The van der Waals surface area contributed by atoms with Crippen LogP contribution in [0.15, 0.2) is 24.3 Å². The Kier molecular flexibility index (Phi) is 5.79. The van der Waals surface area contributed by atoms with Gasteiger partial charge in [0.1, 0.15) is 0 Å². The standard InChI is InChI=1S/C14H20O2/c1-3-6-12-7-5-8-13(11-12)14(15)9-10-16-4-2/h5,7-8,11H,3-4,6,9-10H2,1-2H3. The van der Waals surface area contributed by atoms with Crippen LogP contribution in [0.2, 0.25) is 0 Å². The van der Waals surface area contributed by atoms with E-state index in [1.807, 2.05) is 25.1 Å². The van der Waals surface area contributed by atoms with Crippen LogP contribution in [0.1, 0.15) is 42.6 Å². The fourth-order valence-electron chi connectivity index (χ4n) is 1.64. The van der Waals surface area contributed by atoms with Gasteiger partial charge < -0.3 is 4.74 Å². The monoisotopic (exact) mass is 220 g/mol. The molecule has 0 aliphatic heterocycles. The second-order valence-electron chi connectivity index (χ2n) is 3.82. The van der Waals surface area contributed by atoms with Crippen molar-refractivity contribution < 1.29 is 9.53 Å². The molecule has 16 heavy (non-hydrogen) atoms. The number of rotatable bonds is 7. The molecule has 0 N–H and O–H groups in total. The van der Waals surface area contributed by atoms with Crippen molar-refractivity contribution >= 4 is 5.78 Å². The topological polar surface area (TPSA) is 26.3 Å². The van der Waals surface area contributed by atoms with Crippen molar-refractivity contribution in [1.29, 1.82) is 0 Å². The minimum absolute atomic E-state index is 0.173. The summed E-state index contributed by atoms with van der Waals surface area (Å²) in [5.74, 6) is 0.173. The molecule has 0 fully saturated rings. The van der Waals surface area contributed by atoms with Crippen molar-refractivity contribution in [2.45, 2.75) is 33.1 Å². The normalized spacial score (nSPS) is 10.4. The van der Waals surface area contributed by atoms with Crippen LogP contribution in [0.3, 0.4) is 0 Å². The van der Waals surface area contributed by atoms with Crippen LogP contribution in [0, 0.1) is 0 Å². The van der Waals surface area contributed by atoms with Gasteiger partial charge in [-0.05, 0) is 25.0 Å². The maximum Gasteiger partial charge on any atom is 0.165 e. The average molecular weight is 220 g/mol. The van der Waals surface area contributed by atoms with Crippen molar-refractivity contribution in [1.82, 2.24) is 0 Å². The molecule has 0 aliphatic carbocycles. The Bertz CT molecular complexity index is 331. The van der Waals surface area contributed by atoms with Gasteiger partial charge >= 0.3 is 0 Å².